The van der Waals surface area contributed by atoms with Gasteiger partial charge in [-0.3, -0.25) is 4.79 Å². The first-order chi connectivity index (χ1) is 11.2. The Morgan fingerprint density at radius 2 is 2.13 bits per heavy atom. The third-order valence-corrected chi connectivity index (χ3v) is 5.59. The summed E-state index contributed by atoms with van der Waals surface area (Å²) in [4.78, 5) is 28.4. The highest BCUT2D eigenvalue weighted by Gasteiger charge is 2.32. The van der Waals surface area contributed by atoms with Crippen molar-refractivity contribution in [3.8, 4) is 0 Å². The summed E-state index contributed by atoms with van der Waals surface area (Å²) in [6, 6.07) is 1.83. The Kier molecular flexibility index (Phi) is 3.85. The van der Waals surface area contributed by atoms with Crippen LogP contribution < -0.4 is 0 Å². The van der Waals surface area contributed by atoms with E-state index in [-0.39, 0.29) is 11.9 Å². The number of likely N-dealkylation sites (tertiary alicyclic amines) is 1. The second-order valence-electron chi connectivity index (χ2n) is 6.41. The quantitative estimate of drug-likeness (QED) is 0.865. The van der Waals surface area contributed by atoms with E-state index in [9.17, 15) is 4.79 Å². The van der Waals surface area contributed by atoms with Crippen LogP contribution in [0.25, 0.3) is 0 Å². The van der Waals surface area contributed by atoms with E-state index in [4.69, 9.17) is 0 Å². The lowest BCUT2D eigenvalue weighted by Crippen LogP contribution is -2.39. The maximum absolute atomic E-state index is 13.0. The Balaban J connectivity index is 1.61. The van der Waals surface area contributed by atoms with Gasteiger partial charge in [-0.15, -0.1) is 11.3 Å². The highest BCUT2D eigenvalue weighted by Crippen LogP contribution is 2.38. The zero-order chi connectivity index (χ0) is 15.8. The Bertz CT molecular complexity index is 725. The molecule has 5 nitrogen and oxygen atoms in total. The van der Waals surface area contributed by atoms with Gasteiger partial charge in [-0.05, 0) is 45.1 Å². The molecule has 23 heavy (non-hydrogen) atoms. The average molecular weight is 328 g/mol. The van der Waals surface area contributed by atoms with Crippen LogP contribution in [0.15, 0.2) is 17.6 Å². The van der Waals surface area contributed by atoms with E-state index in [2.05, 4.69) is 20.3 Å². The number of carbonyl (C=O) groups is 1. The molecule has 2 fully saturated rings. The number of thiazole rings is 1. The van der Waals surface area contributed by atoms with Crippen molar-refractivity contribution in [2.75, 3.05) is 6.54 Å². The van der Waals surface area contributed by atoms with E-state index in [0.29, 0.717) is 11.6 Å². The zero-order valence-electron chi connectivity index (χ0n) is 13.2. The Labute approximate surface area is 139 Å². The molecule has 2 aromatic rings. The van der Waals surface area contributed by atoms with Crippen LogP contribution in [-0.2, 0) is 0 Å². The van der Waals surface area contributed by atoms with Gasteiger partial charge in [0.15, 0.2) is 0 Å². The van der Waals surface area contributed by atoms with Crippen LogP contribution in [0.4, 0.5) is 0 Å². The summed E-state index contributed by atoms with van der Waals surface area (Å²) in [5, 5.41) is 3.11. The number of hydrogen-bond acceptors (Lipinski definition) is 5. The van der Waals surface area contributed by atoms with Gasteiger partial charge in [0, 0.05) is 29.7 Å². The minimum absolute atomic E-state index is 0.0202. The van der Waals surface area contributed by atoms with Gasteiger partial charge >= 0.3 is 0 Å². The lowest BCUT2D eigenvalue weighted by atomic mass is 10.0. The van der Waals surface area contributed by atoms with Crippen molar-refractivity contribution >= 4 is 17.2 Å². The van der Waals surface area contributed by atoms with Crippen molar-refractivity contribution in [3.05, 3.63) is 39.9 Å². The van der Waals surface area contributed by atoms with Crippen LogP contribution in [-0.4, -0.2) is 32.3 Å². The summed E-state index contributed by atoms with van der Waals surface area (Å²) in [7, 11) is 0. The zero-order valence-corrected chi connectivity index (χ0v) is 14.1. The van der Waals surface area contributed by atoms with Gasteiger partial charge in [-0.1, -0.05) is 0 Å². The molecule has 1 amide bonds. The molecule has 3 heterocycles. The van der Waals surface area contributed by atoms with E-state index in [1.54, 1.807) is 23.6 Å². The first kappa shape index (κ1) is 14.8. The SMILES string of the molecule is Cc1csc([C@@H]2CCCCN2C(=O)c2ccnc(C3CC3)n2)n1. The van der Waals surface area contributed by atoms with Gasteiger partial charge < -0.3 is 4.90 Å². The van der Waals surface area contributed by atoms with Gasteiger partial charge in [0.1, 0.15) is 16.5 Å². The van der Waals surface area contributed by atoms with Gasteiger partial charge in [0.25, 0.3) is 5.91 Å². The van der Waals surface area contributed by atoms with E-state index >= 15 is 0 Å². The number of carbonyl (C=O) groups excluding carboxylic acids is 1. The normalized spacial score (nSPS) is 21.4. The Morgan fingerprint density at radius 3 is 2.87 bits per heavy atom. The predicted molar refractivity (Wildman–Crippen MR) is 88.5 cm³/mol. The van der Waals surface area contributed by atoms with Crippen LogP contribution in [0.2, 0.25) is 0 Å². The number of nitrogens with zero attached hydrogens (tertiary/aromatic N) is 4. The number of piperidine rings is 1. The third kappa shape index (κ3) is 3.00. The lowest BCUT2D eigenvalue weighted by Gasteiger charge is -2.34. The van der Waals surface area contributed by atoms with Gasteiger partial charge in [-0.2, -0.15) is 0 Å². The largest absolute Gasteiger partial charge is 0.328 e. The summed E-state index contributed by atoms with van der Waals surface area (Å²) < 4.78 is 0. The molecular formula is C17H20N4OS. The number of hydrogen-bond donors (Lipinski definition) is 0. The summed E-state index contributed by atoms with van der Waals surface area (Å²) in [6.07, 6.45) is 7.18. The monoisotopic (exact) mass is 328 g/mol. The molecule has 2 aromatic heterocycles. The van der Waals surface area contributed by atoms with Crippen molar-refractivity contribution in [2.24, 2.45) is 0 Å². The van der Waals surface area contributed by atoms with Crippen LogP contribution in [0.1, 0.15) is 71.1 Å². The van der Waals surface area contributed by atoms with Crippen molar-refractivity contribution in [3.63, 3.8) is 0 Å². The summed E-state index contributed by atoms with van der Waals surface area (Å²) in [5.74, 6) is 1.31. The van der Waals surface area contributed by atoms with Crippen LogP contribution >= 0.6 is 11.3 Å². The van der Waals surface area contributed by atoms with Crippen molar-refractivity contribution in [1.82, 2.24) is 19.9 Å². The molecule has 6 heteroatoms. The Morgan fingerprint density at radius 1 is 1.26 bits per heavy atom. The summed E-state index contributed by atoms with van der Waals surface area (Å²) >= 11 is 1.65. The second-order valence-corrected chi connectivity index (χ2v) is 7.30. The molecule has 1 saturated carbocycles. The molecule has 1 aliphatic carbocycles. The number of aryl methyl sites for hydroxylation is 1. The Hall–Kier alpha value is -1.82. The first-order valence-electron chi connectivity index (χ1n) is 8.28. The van der Waals surface area contributed by atoms with Crippen LogP contribution in [0.5, 0.6) is 0 Å². The topological polar surface area (TPSA) is 59.0 Å². The van der Waals surface area contributed by atoms with Crippen molar-refractivity contribution in [2.45, 2.75) is 51.0 Å². The van der Waals surface area contributed by atoms with Crippen LogP contribution in [0, 0.1) is 6.92 Å². The number of amides is 1. The maximum atomic E-state index is 13.0. The summed E-state index contributed by atoms with van der Waals surface area (Å²) in [5.41, 5.74) is 1.56. The molecule has 4 rings (SSSR count). The van der Waals surface area contributed by atoms with E-state index in [1.807, 2.05) is 11.8 Å². The summed E-state index contributed by atoms with van der Waals surface area (Å²) in [6.45, 7) is 2.78. The van der Waals surface area contributed by atoms with E-state index in [0.717, 1.165) is 55.2 Å². The average Bonchev–Trinajstić information content (AvgIpc) is 3.36. The third-order valence-electron chi connectivity index (χ3n) is 4.52. The molecule has 0 radical (unpaired) electrons. The molecule has 0 aromatic carbocycles. The second kappa shape index (κ2) is 6.00. The van der Waals surface area contributed by atoms with Crippen LogP contribution in [0.3, 0.4) is 0 Å². The minimum Gasteiger partial charge on any atom is -0.328 e. The highest BCUT2D eigenvalue weighted by molar-refractivity contribution is 7.09. The van der Waals surface area contributed by atoms with Gasteiger partial charge in [0.2, 0.25) is 0 Å². The molecule has 1 atom stereocenters. The lowest BCUT2D eigenvalue weighted by molar-refractivity contribution is 0.0604. The fraction of sp³-hybridized carbons (Fsp3) is 0.529. The molecule has 2 aliphatic rings. The van der Waals surface area contributed by atoms with Crippen molar-refractivity contribution < 1.29 is 4.79 Å². The maximum Gasteiger partial charge on any atom is 0.273 e. The standard InChI is InChI=1S/C17H20N4OS/c1-11-10-23-16(19-11)14-4-2-3-9-21(14)17(22)13-7-8-18-15(20-13)12-5-6-12/h7-8,10,12,14H,2-6,9H2,1H3/t14-/m0/s1. The van der Waals surface area contributed by atoms with E-state index < -0.39 is 0 Å². The molecule has 0 unspecified atom stereocenters. The number of aromatic nitrogens is 3. The van der Waals surface area contributed by atoms with Gasteiger partial charge in [-0.25, -0.2) is 15.0 Å². The molecule has 120 valence electrons. The molecule has 1 saturated heterocycles. The van der Waals surface area contributed by atoms with Crippen molar-refractivity contribution in [1.29, 1.82) is 0 Å². The molecule has 0 bridgehead atoms. The smallest absolute Gasteiger partial charge is 0.273 e. The predicted octanol–water partition coefficient (Wildman–Crippen LogP) is 3.49. The van der Waals surface area contributed by atoms with E-state index in [1.165, 1.54) is 0 Å². The number of rotatable bonds is 3. The van der Waals surface area contributed by atoms with Gasteiger partial charge in [0.05, 0.1) is 6.04 Å². The highest BCUT2D eigenvalue weighted by atomic mass is 32.1. The first-order valence-corrected chi connectivity index (χ1v) is 9.16. The minimum atomic E-state index is 0.0202. The fourth-order valence-corrected chi connectivity index (χ4v) is 4.08. The molecule has 0 spiro atoms. The molecular weight excluding hydrogens is 308 g/mol. The molecule has 0 N–H and O–H groups in total. The fourth-order valence-electron chi connectivity index (χ4n) is 3.13. The molecule has 1 aliphatic heterocycles.